The van der Waals surface area contributed by atoms with Crippen LogP contribution in [0.5, 0.6) is 0 Å². The van der Waals surface area contributed by atoms with E-state index in [-0.39, 0.29) is 6.61 Å². The number of nitrogens with two attached hydrogens (primary N) is 1. The molecule has 2 atom stereocenters. The summed E-state index contributed by atoms with van der Waals surface area (Å²) in [7, 11) is 0. The van der Waals surface area contributed by atoms with E-state index in [1.165, 1.54) is 42.8 Å². The number of aliphatic hydroxyl groups is 1. The molecule has 0 bridgehead atoms. The molecular weight excluding hydrogens is 338 g/mol. The molecule has 0 saturated heterocycles. The second-order valence-electron chi connectivity index (χ2n) is 9.17. The highest BCUT2D eigenvalue weighted by molar-refractivity contribution is 7.99. The summed E-state index contributed by atoms with van der Waals surface area (Å²) in [4.78, 5) is 0. The first-order valence-electron chi connectivity index (χ1n) is 10.4. The van der Waals surface area contributed by atoms with Crippen molar-refractivity contribution in [2.45, 2.75) is 71.6 Å². The minimum absolute atomic E-state index is 0.288. The normalized spacial score (nSPS) is 18.6. The molecule has 0 saturated carbocycles. The molecule has 2 nitrogen and oxygen atoms in total. The van der Waals surface area contributed by atoms with Crippen molar-refractivity contribution in [3.05, 3.63) is 34.9 Å². The molecule has 1 aliphatic rings. The molecule has 0 spiro atoms. The third kappa shape index (κ3) is 7.25. The Labute approximate surface area is 165 Å². The Morgan fingerprint density at radius 3 is 2.73 bits per heavy atom. The molecular formula is C23H39NOS. The summed E-state index contributed by atoms with van der Waals surface area (Å²) in [6, 6.07) is 7.10. The molecule has 0 aliphatic heterocycles. The van der Waals surface area contributed by atoms with Crippen molar-refractivity contribution in [3.8, 4) is 0 Å². The fourth-order valence-electron chi connectivity index (χ4n) is 3.80. The number of aliphatic hydroxyl groups excluding tert-OH is 1. The Hall–Kier alpha value is -0.510. The Balaban J connectivity index is 1.86. The van der Waals surface area contributed by atoms with Gasteiger partial charge in [-0.3, -0.25) is 0 Å². The van der Waals surface area contributed by atoms with E-state index in [1.54, 1.807) is 11.1 Å². The van der Waals surface area contributed by atoms with E-state index in [4.69, 9.17) is 10.8 Å². The number of unbranched alkanes of at least 4 members (excludes halogenated alkanes) is 1. The first-order chi connectivity index (χ1) is 12.4. The van der Waals surface area contributed by atoms with Gasteiger partial charge in [0.05, 0.1) is 0 Å². The Bertz CT molecular complexity index is 537. The van der Waals surface area contributed by atoms with Crippen LogP contribution in [0.25, 0.3) is 0 Å². The molecule has 0 fully saturated rings. The Kier molecular flexibility index (Phi) is 8.99. The summed E-state index contributed by atoms with van der Waals surface area (Å²) in [5.41, 5.74) is 11.0. The van der Waals surface area contributed by atoms with Crippen LogP contribution in [-0.2, 0) is 12.8 Å². The van der Waals surface area contributed by atoms with Crippen LogP contribution in [0.4, 0.5) is 0 Å². The quantitative estimate of drug-likeness (QED) is 0.553. The van der Waals surface area contributed by atoms with Gasteiger partial charge in [0, 0.05) is 6.61 Å². The van der Waals surface area contributed by atoms with E-state index in [1.807, 2.05) is 0 Å². The van der Waals surface area contributed by atoms with Crippen molar-refractivity contribution in [3.63, 3.8) is 0 Å². The SMILES string of the molecule is CC(C)(C)CCSC[C@H]1CCc2cc([C@H](CN)CCCCO)ccc2C1. The van der Waals surface area contributed by atoms with Crippen molar-refractivity contribution in [2.24, 2.45) is 17.1 Å². The number of hydrogen-bond acceptors (Lipinski definition) is 3. The van der Waals surface area contributed by atoms with Gasteiger partial charge in [0.2, 0.25) is 0 Å². The lowest BCUT2D eigenvalue weighted by Gasteiger charge is -2.26. The predicted octanol–water partition coefficient (Wildman–Crippen LogP) is 5.17. The first kappa shape index (κ1) is 21.8. The standard InChI is InChI=1S/C23H39NOS/c1-23(2,3)11-13-26-17-18-7-8-20-15-21(10-9-19(20)14-18)22(16-24)6-4-5-12-25/h9-10,15,18,22,25H,4-8,11-14,16-17,24H2,1-3H3/t18-,22-/m0/s1. The summed E-state index contributed by atoms with van der Waals surface area (Å²) in [5.74, 6) is 3.88. The zero-order chi connectivity index (χ0) is 19.0. The van der Waals surface area contributed by atoms with E-state index in [9.17, 15) is 0 Å². The number of hydrogen-bond donors (Lipinski definition) is 2. The maximum Gasteiger partial charge on any atom is 0.0431 e. The van der Waals surface area contributed by atoms with Crippen LogP contribution in [-0.4, -0.2) is 29.8 Å². The van der Waals surface area contributed by atoms with Gasteiger partial charge in [-0.25, -0.2) is 0 Å². The monoisotopic (exact) mass is 377 g/mol. The summed E-state index contributed by atoms with van der Waals surface area (Å²) in [6.07, 6.45) is 8.14. The maximum absolute atomic E-state index is 8.99. The molecule has 1 aromatic carbocycles. The zero-order valence-electron chi connectivity index (χ0n) is 17.1. The van der Waals surface area contributed by atoms with Crippen LogP contribution in [0.15, 0.2) is 18.2 Å². The van der Waals surface area contributed by atoms with Crippen molar-refractivity contribution >= 4 is 11.8 Å². The van der Waals surface area contributed by atoms with Crippen LogP contribution in [0, 0.1) is 11.3 Å². The third-order valence-electron chi connectivity index (χ3n) is 5.63. The van der Waals surface area contributed by atoms with Gasteiger partial charge in [0.1, 0.15) is 0 Å². The molecule has 3 heteroatoms. The Morgan fingerprint density at radius 1 is 1.23 bits per heavy atom. The van der Waals surface area contributed by atoms with Gasteiger partial charge in [-0.2, -0.15) is 11.8 Å². The number of aryl methyl sites for hydroxylation is 1. The van der Waals surface area contributed by atoms with E-state index in [0.717, 1.165) is 25.2 Å². The zero-order valence-corrected chi connectivity index (χ0v) is 17.9. The van der Waals surface area contributed by atoms with Crippen LogP contribution in [0.2, 0.25) is 0 Å². The summed E-state index contributed by atoms with van der Waals surface area (Å²) >= 11 is 2.15. The smallest absolute Gasteiger partial charge is 0.0431 e. The number of fused-ring (bicyclic) bond motifs is 1. The summed E-state index contributed by atoms with van der Waals surface area (Å²) < 4.78 is 0. The molecule has 26 heavy (non-hydrogen) atoms. The Morgan fingerprint density at radius 2 is 2.04 bits per heavy atom. The molecule has 1 aromatic rings. The maximum atomic E-state index is 8.99. The van der Waals surface area contributed by atoms with Gasteiger partial charge in [0.15, 0.2) is 0 Å². The van der Waals surface area contributed by atoms with Gasteiger partial charge in [-0.1, -0.05) is 45.4 Å². The van der Waals surface area contributed by atoms with Gasteiger partial charge < -0.3 is 10.8 Å². The predicted molar refractivity (Wildman–Crippen MR) is 116 cm³/mol. The summed E-state index contributed by atoms with van der Waals surface area (Å²) in [5, 5.41) is 8.99. The van der Waals surface area contributed by atoms with E-state index >= 15 is 0 Å². The average molecular weight is 378 g/mol. The van der Waals surface area contributed by atoms with Crippen LogP contribution < -0.4 is 5.73 Å². The number of thioether (sulfide) groups is 1. The third-order valence-corrected chi connectivity index (χ3v) is 6.83. The first-order valence-corrected chi connectivity index (χ1v) is 11.6. The minimum atomic E-state index is 0.288. The van der Waals surface area contributed by atoms with E-state index < -0.39 is 0 Å². The van der Waals surface area contributed by atoms with E-state index in [2.05, 4.69) is 50.7 Å². The largest absolute Gasteiger partial charge is 0.396 e. The molecule has 0 aromatic heterocycles. The minimum Gasteiger partial charge on any atom is -0.396 e. The van der Waals surface area contributed by atoms with Gasteiger partial charge in [-0.05, 0) is 90.5 Å². The molecule has 0 unspecified atom stereocenters. The topological polar surface area (TPSA) is 46.2 Å². The lowest BCUT2D eigenvalue weighted by molar-refractivity contribution is 0.281. The number of rotatable bonds is 10. The second kappa shape index (κ2) is 10.7. The lowest BCUT2D eigenvalue weighted by atomic mass is 9.82. The average Bonchev–Trinajstić information content (AvgIpc) is 2.61. The van der Waals surface area contributed by atoms with Crippen LogP contribution >= 0.6 is 11.8 Å². The van der Waals surface area contributed by atoms with Gasteiger partial charge >= 0.3 is 0 Å². The summed E-state index contributed by atoms with van der Waals surface area (Å²) in [6.45, 7) is 8.00. The second-order valence-corrected chi connectivity index (χ2v) is 10.3. The fraction of sp³-hybridized carbons (Fsp3) is 0.739. The highest BCUT2D eigenvalue weighted by atomic mass is 32.2. The van der Waals surface area contributed by atoms with Crippen LogP contribution in [0.3, 0.4) is 0 Å². The fourth-order valence-corrected chi connectivity index (χ4v) is 5.34. The van der Waals surface area contributed by atoms with Crippen molar-refractivity contribution in [1.82, 2.24) is 0 Å². The molecule has 0 heterocycles. The van der Waals surface area contributed by atoms with Gasteiger partial charge in [-0.15, -0.1) is 0 Å². The lowest BCUT2D eigenvalue weighted by Crippen LogP contribution is -2.18. The van der Waals surface area contributed by atoms with Gasteiger partial charge in [0.25, 0.3) is 0 Å². The molecule has 0 radical (unpaired) electrons. The molecule has 3 N–H and O–H groups in total. The van der Waals surface area contributed by atoms with Crippen molar-refractivity contribution < 1.29 is 5.11 Å². The highest BCUT2D eigenvalue weighted by Crippen LogP contribution is 2.32. The molecule has 2 rings (SSSR count). The van der Waals surface area contributed by atoms with Crippen molar-refractivity contribution in [2.75, 3.05) is 24.7 Å². The van der Waals surface area contributed by atoms with Crippen LogP contribution in [0.1, 0.15) is 75.5 Å². The molecule has 1 aliphatic carbocycles. The highest BCUT2D eigenvalue weighted by Gasteiger charge is 2.20. The van der Waals surface area contributed by atoms with Crippen molar-refractivity contribution in [1.29, 1.82) is 0 Å². The molecule has 148 valence electrons. The van der Waals surface area contributed by atoms with E-state index in [0.29, 0.717) is 17.9 Å². The molecule has 0 amide bonds. The number of benzene rings is 1.